The largest absolute Gasteiger partial charge is 0.384 e. The molecule has 3 aromatic rings. The summed E-state index contributed by atoms with van der Waals surface area (Å²) >= 11 is 0. The Morgan fingerprint density at radius 2 is 2.13 bits per heavy atom. The van der Waals surface area contributed by atoms with Crippen molar-refractivity contribution in [2.45, 2.75) is 19.4 Å². The van der Waals surface area contributed by atoms with Gasteiger partial charge in [0.15, 0.2) is 0 Å². The van der Waals surface area contributed by atoms with Crippen LogP contribution in [-0.4, -0.2) is 27.1 Å². The number of carbonyl (C=O) groups is 1. The highest BCUT2D eigenvalue weighted by Crippen LogP contribution is 2.19. The fourth-order valence-electron chi connectivity index (χ4n) is 2.29. The maximum atomic E-state index is 13.7. The Morgan fingerprint density at radius 3 is 2.87 bits per heavy atom. The van der Waals surface area contributed by atoms with Crippen molar-refractivity contribution in [2.24, 2.45) is 0 Å². The van der Waals surface area contributed by atoms with Gasteiger partial charge < -0.3 is 15.4 Å². The number of hydrogen-bond acceptors (Lipinski definition) is 3. The fraction of sp³-hybridized carbons (Fsp3) is 0.176. The molecule has 6 heteroatoms. The predicted molar refractivity (Wildman–Crippen MR) is 85.6 cm³/mol. The Hall–Kier alpha value is -2.73. The van der Waals surface area contributed by atoms with Gasteiger partial charge in [-0.05, 0) is 36.8 Å². The van der Waals surface area contributed by atoms with E-state index < -0.39 is 12.0 Å². The van der Waals surface area contributed by atoms with E-state index in [2.05, 4.69) is 15.3 Å². The van der Waals surface area contributed by atoms with Crippen molar-refractivity contribution in [3.8, 4) is 0 Å². The average molecular weight is 313 g/mol. The lowest BCUT2D eigenvalue weighted by molar-refractivity contribution is -0.123. The molecule has 118 valence electrons. The van der Waals surface area contributed by atoms with Crippen LogP contribution in [0, 0.1) is 5.82 Å². The smallest absolute Gasteiger partial charge is 0.252 e. The number of anilines is 1. The molecule has 0 bridgehead atoms. The number of aromatic amines is 1. The standard InChI is InChI=1S/C17H16FN3O2/c1-10(22)17(23)19-12-6-7-14-15(9-12)21-16(20-14)8-11-4-2-3-5-13(11)18/h2-7,9-10,22H,8H2,1H3,(H,19,23)(H,20,21)/t10-/m1/s1. The van der Waals surface area contributed by atoms with Crippen LogP contribution in [0.1, 0.15) is 18.3 Å². The molecule has 5 nitrogen and oxygen atoms in total. The zero-order valence-electron chi connectivity index (χ0n) is 12.5. The molecule has 0 saturated heterocycles. The minimum Gasteiger partial charge on any atom is -0.384 e. The monoisotopic (exact) mass is 313 g/mol. The molecule has 1 heterocycles. The van der Waals surface area contributed by atoms with Crippen LogP contribution < -0.4 is 5.32 Å². The number of fused-ring (bicyclic) bond motifs is 1. The summed E-state index contributed by atoms with van der Waals surface area (Å²) in [5.41, 5.74) is 2.59. The highest BCUT2D eigenvalue weighted by atomic mass is 19.1. The van der Waals surface area contributed by atoms with Gasteiger partial charge in [-0.1, -0.05) is 18.2 Å². The summed E-state index contributed by atoms with van der Waals surface area (Å²) in [4.78, 5) is 19.0. The molecule has 0 radical (unpaired) electrons. The second-order valence-electron chi connectivity index (χ2n) is 5.35. The van der Waals surface area contributed by atoms with E-state index in [1.54, 1.807) is 36.4 Å². The van der Waals surface area contributed by atoms with Crippen LogP contribution >= 0.6 is 0 Å². The summed E-state index contributed by atoms with van der Waals surface area (Å²) in [6, 6.07) is 11.8. The second-order valence-corrected chi connectivity index (χ2v) is 5.35. The maximum absolute atomic E-state index is 13.7. The quantitative estimate of drug-likeness (QED) is 0.693. The van der Waals surface area contributed by atoms with Gasteiger partial charge in [-0.25, -0.2) is 9.37 Å². The number of aliphatic hydroxyl groups is 1. The van der Waals surface area contributed by atoms with Gasteiger partial charge in [-0.3, -0.25) is 4.79 Å². The van der Waals surface area contributed by atoms with Gasteiger partial charge in [0.25, 0.3) is 5.91 Å². The number of nitrogens with zero attached hydrogens (tertiary/aromatic N) is 1. The van der Waals surface area contributed by atoms with Crippen molar-refractivity contribution >= 4 is 22.6 Å². The molecule has 0 spiro atoms. The number of aliphatic hydroxyl groups excluding tert-OH is 1. The molecule has 0 aliphatic rings. The van der Waals surface area contributed by atoms with Crippen LogP contribution in [0.15, 0.2) is 42.5 Å². The molecule has 0 aliphatic heterocycles. The van der Waals surface area contributed by atoms with E-state index in [-0.39, 0.29) is 5.82 Å². The topological polar surface area (TPSA) is 78.0 Å². The van der Waals surface area contributed by atoms with E-state index in [1.807, 2.05) is 0 Å². The van der Waals surface area contributed by atoms with Crippen LogP contribution in [0.25, 0.3) is 11.0 Å². The van der Waals surface area contributed by atoms with E-state index in [4.69, 9.17) is 0 Å². The van der Waals surface area contributed by atoms with Gasteiger partial charge in [0.05, 0.1) is 11.0 Å². The summed E-state index contributed by atoms with van der Waals surface area (Å²) in [6.45, 7) is 1.40. The second kappa shape index (κ2) is 6.18. The first kappa shape index (κ1) is 15.2. The third-order valence-electron chi connectivity index (χ3n) is 3.49. The van der Waals surface area contributed by atoms with Crippen molar-refractivity contribution in [1.29, 1.82) is 0 Å². The first-order valence-corrected chi connectivity index (χ1v) is 7.24. The normalized spacial score (nSPS) is 12.3. The Morgan fingerprint density at radius 1 is 1.35 bits per heavy atom. The van der Waals surface area contributed by atoms with Gasteiger partial charge in [0, 0.05) is 12.1 Å². The highest BCUT2D eigenvalue weighted by Gasteiger charge is 2.11. The number of carbonyl (C=O) groups excluding carboxylic acids is 1. The van der Waals surface area contributed by atoms with Crippen molar-refractivity contribution in [2.75, 3.05) is 5.32 Å². The van der Waals surface area contributed by atoms with E-state index >= 15 is 0 Å². The third kappa shape index (κ3) is 3.37. The third-order valence-corrected chi connectivity index (χ3v) is 3.49. The fourth-order valence-corrected chi connectivity index (χ4v) is 2.29. The number of imidazole rings is 1. The summed E-state index contributed by atoms with van der Waals surface area (Å²) in [5.74, 6) is -0.0996. The zero-order chi connectivity index (χ0) is 16.4. The number of benzene rings is 2. The molecular weight excluding hydrogens is 297 g/mol. The molecule has 23 heavy (non-hydrogen) atoms. The Balaban J connectivity index is 1.85. The minimum absolute atomic E-state index is 0.266. The predicted octanol–water partition coefficient (Wildman–Crippen LogP) is 2.61. The molecule has 0 saturated carbocycles. The summed E-state index contributed by atoms with van der Waals surface area (Å²) in [7, 11) is 0. The SMILES string of the molecule is C[C@@H](O)C(=O)Nc1ccc2nc(Cc3ccccc3F)[nH]c2c1. The summed E-state index contributed by atoms with van der Waals surface area (Å²) in [6.07, 6.45) is -0.722. The first-order chi connectivity index (χ1) is 11.0. The Bertz CT molecular complexity index is 858. The molecule has 3 rings (SSSR count). The lowest BCUT2D eigenvalue weighted by Gasteiger charge is -2.06. The van der Waals surface area contributed by atoms with Crippen molar-refractivity contribution in [3.05, 3.63) is 59.7 Å². The lowest BCUT2D eigenvalue weighted by atomic mass is 10.1. The minimum atomic E-state index is -1.08. The molecule has 0 fully saturated rings. The molecule has 1 aromatic heterocycles. The number of rotatable bonds is 4. The molecule has 0 aliphatic carbocycles. The van der Waals surface area contributed by atoms with Crippen LogP contribution in [-0.2, 0) is 11.2 Å². The lowest BCUT2D eigenvalue weighted by Crippen LogP contribution is -2.24. The number of hydrogen-bond donors (Lipinski definition) is 3. The molecule has 1 amide bonds. The molecule has 1 atom stereocenters. The average Bonchev–Trinajstić information content (AvgIpc) is 2.91. The van der Waals surface area contributed by atoms with Crippen molar-refractivity contribution in [1.82, 2.24) is 9.97 Å². The molecular formula is C17H16FN3O2. The summed E-state index contributed by atoms with van der Waals surface area (Å²) in [5, 5.41) is 11.8. The first-order valence-electron chi connectivity index (χ1n) is 7.24. The van der Waals surface area contributed by atoms with E-state index in [0.29, 0.717) is 23.5 Å². The van der Waals surface area contributed by atoms with Gasteiger partial charge in [0.1, 0.15) is 17.7 Å². The number of amides is 1. The van der Waals surface area contributed by atoms with Crippen molar-refractivity contribution in [3.63, 3.8) is 0 Å². The molecule has 0 unspecified atom stereocenters. The van der Waals surface area contributed by atoms with Crippen LogP contribution in [0.5, 0.6) is 0 Å². The molecule has 3 N–H and O–H groups in total. The zero-order valence-corrected chi connectivity index (χ0v) is 12.5. The van der Waals surface area contributed by atoms with Gasteiger partial charge in [-0.15, -0.1) is 0 Å². The Kier molecular flexibility index (Phi) is 4.08. The van der Waals surface area contributed by atoms with Gasteiger partial charge in [-0.2, -0.15) is 0 Å². The summed E-state index contributed by atoms with van der Waals surface area (Å²) < 4.78 is 13.7. The maximum Gasteiger partial charge on any atom is 0.252 e. The highest BCUT2D eigenvalue weighted by molar-refractivity contribution is 5.95. The van der Waals surface area contributed by atoms with E-state index in [1.165, 1.54) is 13.0 Å². The van der Waals surface area contributed by atoms with Gasteiger partial charge >= 0.3 is 0 Å². The number of aromatic nitrogens is 2. The van der Waals surface area contributed by atoms with Gasteiger partial charge in [0.2, 0.25) is 0 Å². The number of halogens is 1. The number of nitrogens with one attached hydrogen (secondary N) is 2. The van der Waals surface area contributed by atoms with E-state index in [0.717, 1.165) is 11.0 Å². The van der Waals surface area contributed by atoms with Crippen LogP contribution in [0.3, 0.4) is 0 Å². The molecule has 2 aromatic carbocycles. The van der Waals surface area contributed by atoms with Crippen LogP contribution in [0.4, 0.5) is 10.1 Å². The van der Waals surface area contributed by atoms with Crippen LogP contribution in [0.2, 0.25) is 0 Å². The Labute approximate surface area is 132 Å². The van der Waals surface area contributed by atoms with Crippen molar-refractivity contribution < 1.29 is 14.3 Å². The van der Waals surface area contributed by atoms with E-state index in [9.17, 15) is 14.3 Å². The number of H-pyrrole nitrogens is 1.